The number of ether oxygens (including phenoxy) is 1. The van der Waals surface area contributed by atoms with Crippen LogP contribution in [0, 0.1) is 0 Å². The van der Waals surface area contributed by atoms with E-state index >= 15 is 0 Å². The molecule has 23 heavy (non-hydrogen) atoms. The van der Waals surface area contributed by atoms with E-state index in [2.05, 4.69) is 20.4 Å². The highest BCUT2D eigenvalue weighted by atomic mass is 127. The summed E-state index contributed by atoms with van der Waals surface area (Å²) in [6.07, 6.45) is -4.29. The van der Waals surface area contributed by atoms with Gasteiger partial charge in [0.1, 0.15) is 6.61 Å². The van der Waals surface area contributed by atoms with E-state index in [4.69, 9.17) is 0 Å². The summed E-state index contributed by atoms with van der Waals surface area (Å²) in [5, 5.41) is 6.32. The van der Waals surface area contributed by atoms with Crippen molar-refractivity contribution in [1.82, 2.24) is 10.6 Å². The average molecular weight is 445 g/mol. The molecule has 0 fully saturated rings. The fourth-order valence-corrected chi connectivity index (χ4v) is 1.69. The van der Waals surface area contributed by atoms with E-state index in [1.807, 2.05) is 26.0 Å². The molecule has 1 rings (SSSR count). The molecule has 132 valence electrons. The lowest BCUT2D eigenvalue weighted by atomic mass is 10.1. The van der Waals surface area contributed by atoms with Crippen molar-refractivity contribution in [2.45, 2.75) is 39.2 Å². The molecule has 0 aromatic heterocycles. The van der Waals surface area contributed by atoms with Gasteiger partial charge >= 0.3 is 6.18 Å². The van der Waals surface area contributed by atoms with Crippen molar-refractivity contribution in [2.75, 3.05) is 13.7 Å². The predicted octanol–water partition coefficient (Wildman–Crippen LogP) is 3.46. The molecule has 0 aliphatic carbocycles. The van der Waals surface area contributed by atoms with Crippen molar-refractivity contribution in [1.29, 1.82) is 0 Å². The first kappa shape index (κ1) is 22.0. The van der Waals surface area contributed by atoms with Crippen molar-refractivity contribution < 1.29 is 17.9 Å². The Hall–Kier alpha value is -1.03. The molecule has 8 heteroatoms. The zero-order chi connectivity index (χ0) is 16.6. The van der Waals surface area contributed by atoms with Crippen LogP contribution in [-0.2, 0) is 17.9 Å². The monoisotopic (exact) mass is 445 g/mol. The fourth-order valence-electron chi connectivity index (χ4n) is 1.69. The van der Waals surface area contributed by atoms with Crippen LogP contribution < -0.4 is 10.6 Å². The number of hydrogen-bond donors (Lipinski definition) is 2. The van der Waals surface area contributed by atoms with Gasteiger partial charge in [0.15, 0.2) is 5.96 Å². The highest BCUT2D eigenvalue weighted by molar-refractivity contribution is 14.0. The summed E-state index contributed by atoms with van der Waals surface area (Å²) in [7, 11) is 1.69. The molecule has 1 aromatic rings. The summed E-state index contributed by atoms with van der Waals surface area (Å²) in [5.74, 6) is 0.701. The molecule has 0 radical (unpaired) electrons. The maximum absolute atomic E-state index is 12.0. The highest BCUT2D eigenvalue weighted by Crippen LogP contribution is 2.15. The van der Waals surface area contributed by atoms with Crippen LogP contribution in [0.25, 0.3) is 0 Å². The van der Waals surface area contributed by atoms with E-state index in [1.54, 1.807) is 19.2 Å². The van der Waals surface area contributed by atoms with Gasteiger partial charge in [-0.3, -0.25) is 4.99 Å². The minimum Gasteiger partial charge on any atom is -0.367 e. The second-order valence-electron chi connectivity index (χ2n) is 5.15. The molecule has 2 N–H and O–H groups in total. The van der Waals surface area contributed by atoms with Crippen LogP contribution >= 0.6 is 24.0 Å². The number of alkyl halides is 3. The second kappa shape index (κ2) is 10.7. The van der Waals surface area contributed by atoms with Crippen LogP contribution in [0.5, 0.6) is 0 Å². The molecule has 0 saturated carbocycles. The zero-order valence-corrected chi connectivity index (χ0v) is 15.7. The van der Waals surface area contributed by atoms with E-state index < -0.39 is 12.8 Å². The maximum Gasteiger partial charge on any atom is 0.411 e. The van der Waals surface area contributed by atoms with Crippen molar-refractivity contribution in [2.24, 2.45) is 4.99 Å². The molecular weight excluding hydrogens is 422 g/mol. The number of nitrogens with zero attached hydrogens (tertiary/aromatic N) is 1. The van der Waals surface area contributed by atoms with E-state index in [0.717, 1.165) is 5.56 Å². The van der Waals surface area contributed by atoms with Gasteiger partial charge in [-0.2, -0.15) is 13.2 Å². The van der Waals surface area contributed by atoms with Crippen LogP contribution in [0.15, 0.2) is 29.3 Å². The third-order valence-electron chi connectivity index (χ3n) is 2.67. The first-order valence-electron chi connectivity index (χ1n) is 6.99. The Kier molecular flexibility index (Phi) is 10.2. The lowest BCUT2D eigenvalue weighted by molar-refractivity contribution is -0.176. The van der Waals surface area contributed by atoms with E-state index in [-0.39, 0.29) is 36.6 Å². The van der Waals surface area contributed by atoms with Gasteiger partial charge in [-0.05, 0) is 25.0 Å². The Balaban J connectivity index is 0.00000484. The van der Waals surface area contributed by atoms with Gasteiger partial charge in [0.05, 0.1) is 6.61 Å². The van der Waals surface area contributed by atoms with Crippen molar-refractivity contribution in [3.63, 3.8) is 0 Å². The van der Waals surface area contributed by atoms with Gasteiger partial charge in [0.2, 0.25) is 0 Å². The van der Waals surface area contributed by atoms with Gasteiger partial charge in [-0.15, -0.1) is 24.0 Å². The third kappa shape index (κ3) is 10.4. The molecule has 0 aliphatic rings. The van der Waals surface area contributed by atoms with Crippen molar-refractivity contribution >= 4 is 29.9 Å². The smallest absolute Gasteiger partial charge is 0.367 e. The summed E-state index contributed by atoms with van der Waals surface area (Å²) >= 11 is 0. The molecule has 0 atom stereocenters. The number of rotatable bonds is 6. The molecule has 0 spiro atoms. The Bertz CT molecular complexity index is 476. The zero-order valence-electron chi connectivity index (χ0n) is 13.4. The van der Waals surface area contributed by atoms with Crippen LogP contribution in [0.1, 0.15) is 25.0 Å². The lowest BCUT2D eigenvalue weighted by Gasteiger charge is -2.14. The molecule has 0 bridgehead atoms. The Labute approximate surface area is 151 Å². The summed E-state index contributed by atoms with van der Waals surface area (Å²) in [6.45, 7) is 3.33. The van der Waals surface area contributed by atoms with Crippen LogP contribution in [-0.4, -0.2) is 31.8 Å². The SMILES string of the molecule is CN=C(NCc1ccc(COCC(F)(F)F)cc1)NC(C)C.I. The number of aliphatic imine (C=N–C) groups is 1. The number of nitrogens with one attached hydrogen (secondary N) is 2. The van der Waals surface area contributed by atoms with Gasteiger partial charge in [-0.1, -0.05) is 24.3 Å². The van der Waals surface area contributed by atoms with Gasteiger partial charge in [0, 0.05) is 19.6 Å². The van der Waals surface area contributed by atoms with Crippen molar-refractivity contribution in [3.8, 4) is 0 Å². The van der Waals surface area contributed by atoms with Crippen LogP contribution in [0.3, 0.4) is 0 Å². The maximum atomic E-state index is 12.0. The lowest BCUT2D eigenvalue weighted by Crippen LogP contribution is -2.40. The number of guanidine groups is 1. The summed E-state index contributed by atoms with van der Waals surface area (Å²) in [6, 6.07) is 7.49. The summed E-state index contributed by atoms with van der Waals surface area (Å²) in [5.41, 5.74) is 1.71. The second-order valence-corrected chi connectivity index (χ2v) is 5.15. The van der Waals surface area contributed by atoms with Gasteiger partial charge in [-0.25, -0.2) is 0 Å². The molecule has 0 unspecified atom stereocenters. The standard InChI is InChI=1S/C15H22F3N3O.HI/c1-11(2)21-14(19-3)20-8-12-4-6-13(7-5-12)9-22-10-15(16,17)18;/h4-7,11H,8-10H2,1-3H3,(H2,19,20,21);1H. The largest absolute Gasteiger partial charge is 0.411 e. The average Bonchev–Trinajstić information content (AvgIpc) is 2.43. The van der Waals surface area contributed by atoms with E-state index in [0.29, 0.717) is 18.1 Å². The summed E-state index contributed by atoms with van der Waals surface area (Å²) < 4.78 is 40.5. The molecule has 0 aliphatic heterocycles. The molecule has 4 nitrogen and oxygen atoms in total. The first-order chi connectivity index (χ1) is 10.3. The van der Waals surface area contributed by atoms with Crippen molar-refractivity contribution in [3.05, 3.63) is 35.4 Å². The molecular formula is C15H23F3IN3O. The van der Waals surface area contributed by atoms with E-state index in [9.17, 15) is 13.2 Å². The Morgan fingerprint density at radius 2 is 1.74 bits per heavy atom. The summed E-state index contributed by atoms with van der Waals surface area (Å²) in [4.78, 5) is 4.09. The topological polar surface area (TPSA) is 45.7 Å². The normalized spacial score (nSPS) is 12.0. The van der Waals surface area contributed by atoms with E-state index in [1.165, 1.54) is 0 Å². The van der Waals surface area contributed by atoms with Gasteiger partial charge in [0.25, 0.3) is 0 Å². The fraction of sp³-hybridized carbons (Fsp3) is 0.533. The number of hydrogen-bond acceptors (Lipinski definition) is 2. The number of benzene rings is 1. The molecule has 1 aromatic carbocycles. The highest BCUT2D eigenvalue weighted by Gasteiger charge is 2.27. The quantitative estimate of drug-likeness (QED) is 0.401. The first-order valence-corrected chi connectivity index (χ1v) is 6.99. The Morgan fingerprint density at radius 3 is 2.22 bits per heavy atom. The minimum absolute atomic E-state index is 0. The predicted molar refractivity (Wildman–Crippen MR) is 96.0 cm³/mol. The molecule has 0 heterocycles. The molecule has 0 amide bonds. The Morgan fingerprint density at radius 1 is 1.17 bits per heavy atom. The minimum atomic E-state index is -4.29. The third-order valence-corrected chi connectivity index (χ3v) is 2.67. The van der Waals surface area contributed by atoms with Crippen LogP contribution in [0.4, 0.5) is 13.2 Å². The number of halogens is 4. The molecule has 0 saturated heterocycles. The van der Waals surface area contributed by atoms with Gasteiger partial charge < -0.3 is 15.4 Å². The van der Waals surface area contributed by atoms with Crippen LogP contribution in [0.2, 0.25) is 0 Å².